The first-order valence-electron chi connectivity index (χ1n) is 15.3. The number of nitrogens with zero attached hydrogens (tertiary/aromatic N) is 2. The predicted molar refractivity (Wildman–Crippen MR) is 169 cm³/mol. The van der Waals surface area contributed by atoms with Gasteiger partial charge in [0.1, 0.15) is 5.75 Å². The van der Waals surface area contributed by atoms with Gasteiger partial charge in [-0.1, -0.05) is 49.2 Å². The lowest BCUT2D eigenvalue weighted by Crippen LogP contribution is -2.35. The summed E-state index contributed by atoms with van der Waals surface area (Å²) in [4.78, 5) is 30.1. The minimum Gasteiger partial charge on any atom is -0.490 e. The Morgan fingerprint density at radius 2 is 1.73 bits per heavy atom. The van der Waals surface area contributed by atoms with Gasteiger partial charge in [-0.3, -0.25) is 9.78 Å². The fourth-order valence-corrected chi connectivity index (χ4v) is 6.31. The summed E-state index contributed by atoms with van der Waals surface area (Å²) < 4.78 is 33.1. The number of amides is 2. The summed E-state index contributed by atoms with van der Waals surface area (Å²) >= 11 is 0. The molecule has 4 rings (SSSR count). The molecule has 12 heteroatoms. The smallest absolute Gasteiger partial charge is 0.407 e. The number of benzene rings is 2. The number of carbonyl (C=O) groups excluding carboxylic acids is 1. The topological polar surface area (TPSA) is 166 Å². The van der Waals surface area contributed by atoms with Crippen LogP contribution in [0.1, 0.15) is 72.5 Å². The molecule has 0 spiro atoms. The summed E-state index contributed by atoms with van der Waals surface area (Å²) in [5.41, 5.74) is 3.18. The fraction of sp³-hybridized carbons (Fsp3) is 0.424. The number of hydrogen-bond acceptors (Lipinski definition) is 8. The Kier molecular flexibility index (Phi) is 12.3. The average Bonchev–Trinajstić information content (AvgIpc) is 3.31. The highest BCUT2D eigenvalue weighted by Gasteiger charge is 2.23. The highest BCUT2D eigenvalue weighted by Crippen LogP contribution is 2.31. The number of aliphatic hydroxyl groups is 2. The molecule has 242 valence electrons. The Hall–Kier alpha value is -4.00. The van der Waals surface area contributed by atoms with Crippen LogP contribution >= 0.6 is 0 Å². The van der Waals surface area contributed by atoms with E-state index in [1.807, 2.05) is 24.3 Å². The van der Waals surface area contributed by atoms with Gasteiger partial charge in [-0.15, -0.1) is 0 Å². The largest absolute Gasteiger partial charge is 0.490 e. The first-order valence-corrected chi connectivity index (χ1v) is 16.9. The number of aliphatic hydroxyl groups excluding tert-OH is 2. The van der Waals surface area contributed by atoms with Gasteiger partial charge in [0.05, 0.1) is 30.1 Å². The SMILES string of the molecule is O=C(NS(=O)(=O)CCCO)c1ccc(-c2ccc(CCN(C[C@H](O)c3cccnc3)C(=O)O)cc2)cc1OC1CCCCCC1. The fourth-order valence-electron chi connectivity index (χ4n) is 5.31. The van der Waals surface area contributed by atoms with Gasteiger partial charge in [-0.25, -0.2) is 17.9 Å². The van der Waals surface area contributed by atoms with Crippen LogP contribution in [-0.2, 0) is 16.4 Å². The normalized spacial score (nSPS) is 14.7. The van der Waals surface area contributed by atoms with Crippen LogP contribution in [0.4, 0.5) is 4.79 Å². The van der Waals surface area contributed by atoms with Crippen molar-refractivity contribution in [3.05, 3.63) is 83.7 Å². The van der Waals surface area contributed by atoms with E-state index in [-0.39, 0.29) is 43.5 Å². The maximum atomic E-state index is 13.1. The lowest BCUT2D eigenvalue weighted by atomic mass is 10.0. The third kappa shape index (κ3) is 10.3. The summed E-state index contributed by atoms with van der Waals surface area (Å²) in [5, 5.41) is 29.1. The van der Waals surface area contributed by atoms with E-state index in [2.05, 4.69) is 9.71 Å². The lowest BCUT2D eigenvalue weighted by molar-refractivity contribution is 0.0968. The molecule has 45 heavy (non-hydrogen) atoms. The Balaban J connectivity index is 1.48. The van der Waals surface area contributed by atoms with Crippen LogP contribution in [0.15, 0.2) is 67.0 Å². The van der Waals surface area contributed by atoms with Gasteiger partial charge in [0.25, 0.3) is 5.91 Å². The Labute approximate surface area is 263 Å². The molecule has 1 fully saturated rings. The number of rotatable bonds is 14. The molecule has 0 unspecified atom stereocenters. The van der Waals surface area contributed by atoms with E-state index in [0.717, 1.165) is 55.2 Å². The van der Waals surface area contributed by atoms with E-state index in [9.17, 15) is 28.2 Å². The van der Waals surface area contributed by atoms with Crippen LogP contribution in [0.2, 0.25) is 0 Å². The minimum atomic E-state index is -3.92. The van der Waals surface area contributed by atoms with Crippen LogP contribution in [0.5, 0.6) is 5.75 Å². The van der Waals surface area contributed by atoms with Crippen LogP contribution < -0.4 is 9.46 Å². The number of aromatic nitrogens is 1. The summed E-state index contributed by atoms with van der Waals surface area (Å²) in [6.07, 6.45) is 7.33. The Morgan fingerprint density at radius 3 is 2.38 bits per heavy atom. The third-order valence-electron chi connectivity index (χ3n) is 7.83. The second kappa shape index (κ2) is 16.4. The number of nitrogens with one attached hydrogen (secondary N) is 1. The average molecular weight is 640 g/mol. The van der Waals surface area contributed by atoms with Crippen LogP contribution in [0.25, 0.3) is 11.1 Å². The van der Waals surface area contributed by atoms with Gasteiger partial charge < -0.3 is 25.0 Å². The molecule has 2 aromatic carbocycles. The molecule has 1 heterocycles. The summed E-state index contributed by atoms with van der Waals surface area (Å²) in [5.74, 6) is -0.842. The minimum absolute atomic E-state index is 0.0185. The molecule has 0 aliphatic heterocycles. The quantitative estimate of drug-likeness (QED) is 0.185. The van der Waals surface area contributed by atoms with Crippen molar-refractivity contribution in [2.24, 2.45) is 0 Å². The van der Waals surface area contributed by atoms with Crippen LogP contribution in [-0.4, -0.2) is 77.2 Å². The predicted octanol–water partition coefficient (Wildman–Crippen LogP) is 4.55. The molecule has 1 aromatic heterocycles. The molecule has 3 aromatic rings. The summed E-state index contributed by atoms with van der Waals surface area (Å²) in [7, 11) is -3.92. The van der Waals surface area contributed by atoms with Crippen molar-refractivity contribution in [3.8, 4) is 16.9 Å². The van der Waals surface area contributed by atoms with E-state index in [4.69, 9.17) is 9.84 Å². The van der Waals surface area contributed by atoms with E-state index in [1.54, 1.807) is 36.5 Å². The summed E-state index contributed by atoms with van der Waals surface area (Å²) in [6.45, 7) is -0.187. The van der Waals surface area contributed by atoms with Crippen molar-refractivity contribution in [2.75, 3.05) is 25.4 Å². The number of hydrogen-bond donors (Lipinski definition) is 4. The van der Waals surface area contributed by atoms with Gasteiger partial charge in [-0.2, -0.15) is 0 Å². The zero-order valence-corrected chi connectivity index (χ0v) is 26.0. The van der Waals surface area contributed by atoms with Gasteiger partial charge >= 0.3 is 6.09 Å². The maximum absolute atomic E-state index is 13.1. The molecule has 1 saturated carbocycles. The van der Waals surface area contributed by atoms with E-state index in [1.165, 1.54) is 11.1 Å². The zero-order valence-electron chi connectivity index (χ0n) is 25.2. The van der Waals surface area contributed by atoms with Gasteiger partial charge in [0, 0.05) is 31.1 Å². The van der Waals surface area contributed by atoms with E-state index < -0.39 is 28.1 Å². The molecule has 0 bridgehead atoms. The second-order valence-corrected chi connectivity index (χ2v) is 13.1. The van der Waals surface area contributed by atoms with Crippen molar-refractivity contribution >= 4 is 22.0 Å². The second-order valence-electron chi connectivity index (χ2n) is 11.2. The van der Waals surface area contributed by atoms with Crippen molar-refractivity contribution in [1.29, 1.82) is 0 Å². The van der Waals surface area contributed by atoms with Gasteiger partial charge in [-0.05, 0) is 73.4 Å². The molecule has 4 N–H and O–H groups in total. The molecule has 1 aliphatic carbocycles. The summed E-state index contributed by atoms with van der Waals surface area (Å²) in [6, 6.07) is 16.0. The Bertz CT molecular complexity index is 1510. The number of ether oxygens (including phenoxy) is 1. The number of pyridine rings is 1. The van der Waals surface area contributed by atoms with Crippen molar-refractivity contribution in [1.82, 2.24) is 14.6 Å². The van der Waals surface area contributed by atoms with Crippen molar-refractivity contribution in [3.63, 3.8) is 0 Å². The molecular formula is C33H41N3O8S. The van der Waals surface area contributed by atoms with Crippen molar-refractivity contribution in [2.45, 2.75) is 63.6 Å². The first-order chi connectivity index (χ1) is 21.6. The number of carboxylic acid groups (broad SMARTS) is 1. The first kappa shape index (κ1) is 33.9. The van der Waals surface area contributed by atoms with Crippen LogP contribution in [0, 0.1) is 0 Å². The molecule has 11 nitrogen and oxygen atoms in total. The van der Waals surface area contributed by atoms with Gasteiger partial charge in [0.2, 0.25) is 10.0 Å². The highest BCUT2D eigenvalue weighted by atomic mass is 32.2. The maximum Gasteiger partial charge on any atom is 0.407 e. The molecule has 0 saturated heterocycles. The van der Waals surface area contributed by atoms with Gasteiger partial charge in [0.15, 0.2) is 0 Å². The van der Waals surface area contributed by atoms with Crippen molar-refractivity contribution < 1.29 is 38.1 Å². The van der Waals surface area contributed by atoms with E-state index in [0.29, 0.717) is 17.7 Å². The Morgan fingerprint density at radius 1 is 1.02 bits per heavy atom. The highest BCUT2D eigenvalue weighted by molar-refractivity contribution is 7.90. The molecule has 1 aliphatic rings. The third-order valence-corrected chi connectivity index (χ3v) is 9.15. The monoisotopic (exact) mass is 639 g/mol. The van der Waals surface area contributed by atoms with E-state index >= 15 is 0 Å². The molecule has 2 amide bonds. The number of sulfonamides is 1. The molecule has 1 atom stereocenters. The molecule has 0 radical (unpaired) electrons. The zero-order chi connectivity index (χ0) is 32.2. The number of carbonyl (C=O) groups is 2. The van der Waals surface area contributed by atoms with Crippen LogP contribution in [0.3, 0.4) is 0 Å². The standard InChI is InChI=1S/C33H41N3O8S/c37-19-6-20-45(42,43)35-32(39)29-15-14-26(21-31(29)44-28-8-3-1-2-4-9-28)25-12-10-24(11-13-25)16-18-36(33(40)41)23-30(38)27-7-5-17-34-22-27/h5,7,10-15,17,21-22,28,30,37-38H,1-4,6,8-9,16,18-20,23H2,(H,35,39)(H,40,41)/t30-/m0/s1. The molecular weight excluding hydrogens is 598 g/mol. The lowest BCUT2D eigenvalue weighted by Gasteiger charge is -2.22.